The van der Waals surface area contributed by atoms with Gasteiger partial charge in [-0.05, 0) is 73.7 Å². The molecule has 2 unspecified atom stereocenters. The Morgan fingerprint density at radius 2 is 1.77 bits per heavy atom. The topological polar surface area (TPSA) is 115 Å². The summed E-state index contributed by atoms with van der Waals surface area (Å²) < 4.78 is 0. The first-order valence-corrected chi connectivity index (χ1v) is 13.4. The molecule has 2 bridgehead atoms. The highest BCUT2D eigenvalue weighted by atomic mass is 16.3. The van der Waals surface area contributed by atoms with Crippen molar-refractivity contribution in [2.75, 3.05) is 35.2 Å². The standard InChI is InChI=1S/C31H31N7O2/c1-21-11-15-36(16-12-29(21)39)14-4-5-22-17-23(10-13-33-22)38-24-8-9-25(38)20-37(19-24)28-18-27(34-35-31(28)32)26-6-2-3-7-30(26)40/h2-3,6-7,10-13,15-18,24-25,39-40H,8-9,14,19-20H2,1H3,(H2,32,35). The molecule has 4 N–H and O–H groups in total. The second-order valence-corrected chi connectivity index (χ2v) is 10.3. The molecule has 3 aliphatic rings. The van der Waals surface area contributed by atoms with Gasteiger partial charge in [-0.25, -0.2) is 4.98 Å². The number of rotatable bonds is 4. The number of hydrogen-bond acceptors (Lipinski definition) is 9. The number of phenols is 1. The first-order chi connectivity index (χ1) is 19.5. The van der Waals surface area contributed by atoms with Crippen LogP contribution in [0, 0.1) is 11.8 Å². The fourth-order valence-corrected chi connectivity index (χ4v) is 5.60. The van der Waals surface area contributed by atoms with Gasteiger partial charge >= 0.3 is 0 Å². The number of benzene rings is 1. The highest BCUT2D eigenvalue weighted by Gasteiger charge is 2.40. The minimum Gasteiger partial charge on any atom is -0.508 e. The van der Waals surface area contributed by atoms with Crippen LogP contribution in [-0.2, 0) is 0 Å². The number of aromatic hydroxyl groups is 1. The lowest BCUT2D eigenvalue weighted by Crippen LogP contribution is -2.54. The largest absolute Gasteiger partial charge is 0.508 e. The molecule has 2 saturated heterocycles. The summed E-state index contributed by atoms with van der Waals surface area (Å²) in [6.07, 6.45) is 11.3. The fourth-order valence-electron chi connectivity index (χ4n) is 5.60. The molecule has 9 heteroatoms. The van der Waals surface area contributed by atoms with E-state index in [4.69, 9.17) is 5.73 Å². The maximum Gasteiger partial charge on any atom is 0.169 e. The van der Waals surface area contributed by atoms with E-state index in [1.165, 1.54) is 0 Å². The first-order valence-electron chi connectivity index (χ1n) is 13.4. The molecule has 2 fully saturated rings. The molecule has 1 aromatic carbocycles. The molecule has 0 saturated carbocycles. The number of nitrogens with two attached hydrogens (primary N) is 1. The van der Waals surface area contributed by atoms with Crippen molar-refractivity contribution in [2.45, 2.75) is 31.8 Å². The van der Waals surface area contributed by atoms with Crippen molar-refractivity contribution in [3.63, 3.8) is 0 Å². The Kier molecular flexibility index (Phi) is 6.74. The summed E-state index contributed by atoms with van der Waals surface area (Å²) in [5.74, 6) is 7.21. The number of nitrogen functional groups attached to an aromatic ring is 1. The smallest absolute Gasteiger partial charge is 0.169 e. The van der Waals surface area contributed by atoms with Gasteiger partial charge in [0.05, 0.1) is 17.9 Å². The first kappa shape index (κ1) is 25.3. The van der Waals surface area contributed by atoms with Crippen LogP contribution in [0.15, 0.2) is 84.5 Å². The van der Waals surface area contributed by atoms with E-state index >= 15 is 0 Å². The van der Waals surface area contributed by atoms with Gasteiger partial charge in [0.15, 0.2) is 5.82 Å². The zero-order chi connectivity index (χ0) is 27.6. The average Bonchev–Trinajstić information content (AvgIpc) is 3.12. The Hall–Kier alpha value is -4.97. The molecule has 0 radical (unpaired) electrons. The van der Waals surface area contributed by atoms with Crippen LogP contribution in [-0.4, -0.2) is 62.0 Å². The van der Waals surface area contributed by atoms with Crippen molar-refractivity contribution < 1.29 is 10.2 Å². The maximum absolute atomic E-state index is 10.3. The Labute approximate surface area is 233 Å². The van der Waals surface area contributed by atoms with Crippen LogP contribution in [0.1, 0.15) is 25.5 Å². The number of allylic oxidation sites excluding steroid dienone is 3. The number of aromatic nitrogens is 3. The van der Waals surface area contributed by atoms with Gasteiger partial charge < -0.3 is 30.6 Å². The highest BCUT2D eigenvalue weighted by Crippen LogP contribution is 2.39. The number of nitrogens with zero attached hydrogens (tertiary/aromatic N) is 6. The van der Waals surface area contributed by atoms with Gasteiger partial charge in [0.1, 0.15) is 17.2 Å². The van der Waals surface area contributed by atoms with Gasteiger partial charge in [0.25, 0.3) is 0 Å². The number of anilines is 3. The summed E-state index contributed by atoms with van der Waals surface area (Å²) in [5.41, 5.74) is 11.1. The van der Waals surface area contributed by atoms with E-state index in [9.17, 15) is 10.2 Å². The van der Waals surface area contributed by atoms with Crippen molar-refractivity contribution >= 4 is 17.2 Å². The quantitative estimate of drug-likeness (QED) is 0.424. The van der Waals surface area contributed by atoms with E-state index in [1.54, 1.807) is 18.2 Å². The molecule has 6 rings (SSSR count). The monoisotopic (exact) mass is 533 g/mol. The van der Waals surface area contributed by atoms with Crippen molar-refractivity contribution in [3.05, 3.63) is 90.2 Å². The molecule has 3 aromatic rings. The predicted octanol–water partition coefficient (Wildman–Crippen LogP) is 4.21. The van der Waals surface area contributed by atoms with Crippen molar-refractivity contribution in [1.29, 1.82) is 0 Å². The van der Waals surface area contributed by atoms with Crippen molar-refractivity contribution in [1.82, 2.24) is 20.1 Å². The third-order valence-electron chi connectivity index (χ3n) is 7.67. The number of aliphatic hydroxyl groups excluding tert-OH is 1. The summed E-state index contributed by atoms with van der Waals surface area (Å²) in [6, 6.07) is 13.8. The fraction of sp³-hybridized carbons (Fsp3) is 0.258. The molecule has 202 valence electrons. The molecule has 0 amide bonds. The Morgan fingerprint density at radius 3 is 2.58 bits per heavy atom. The number of fused-ring (bicyclic) bond motifs is 2. The Balaban J connectivity index is 1.17. The lowest BCUT2D eigenvalue weighted by Gasteiger charge is -2.43. The lowest BCUT2D eigenvalue weighted by atomic mass is 10.1. The van der Waals surface area contributed by atoms with E-state index in [1.807, 2.05) is 54.7 Å². The van der Waals surface area contributed by atoms with E-state index in [2.05, 4.69) is 49.0 Å². The van der Waals surface area contributed by atoms with Crippen molar-refractivity contribution in [3.8, 4) is 28.8 Å². The zero-order valence-corrected chi connectivity index (χ0v) is 22.3. The van der Waals surface area contributed by atoms with Gasteiger partial charge in [-0.2, -0.15) is 0 Å². The van der Waals surface area contributed by atoms with Crippen LogP contribution in [0.2, 0.25) is 0 Å². The highest BCUT2D eigenvalue weighted by molar-refractivity contribution is 5.74. The van der Waals surface area contributed by atoms with Crippen LogP contribution in [0.25, 0.3) is 11.3 Å². The van der Waals surface area contributed by atoms with Crippen LogP contribution in [0.4, 0.5) is 17.2 Å². The third-order valence-corrected chi connectivity index (χ3v) is 7.67. The van der Waals surface area contributed by atoms with E-state index in [0.29, 0.717) is 35.7 Å². The van der Waals surface area contributed by atoms with E-state index in [0.717, 1.165) is 48.6 Å². The molecule has 2 aromatic heterocycles. The Morgan fingerprint density at radius 1 is 1.00 bits per heavy atom. The van der Waals surface area contributed by atoms with Crippen LogP contribution in [0.5, 0.6) is 5.75 Å². The minimum atomic E-state index is 0.166. The molecule has 2 atom stereocenters. The molecule has 9 nitrogen and oxygen atoms in total. The van der Waals surface area contributed by atoms with Gasteiger partial charge in [-0.3, -0.25) is 0 Å². The molecule has 0 spiro atoms. The summed E-state index contributed by atoms with van der Waals surface area (Å²) in [7, 11) is 0. The molecular weight excluding hydrogens is 502 g/mol. The summed E-state index contributed by atoms with van der Waals surface area (Å²) in [5, 5.41) is 28.7. The van der Waals surface area contributed by atoms with Crippen LogP contribution in [0.3, 0.4) is 0 Å². The number of para-hydroxylation sites is 1. The SMILES string of the molecule is CC1=C(O)C=CN(CC#Cc2cc(N3C4CCC3CN(c3cc(-c5ccccc5O)nnc3N)C4)ccn2)C=C1. The number of hydrogen-bond donors (Lipinski definition) is 3. The number of phenolic OH excluding ortho intramolecular Hbond substituents is 1. The van der Waals surface area contributed by atoms with E-state index in [-0.39, 0.29) is 11.5 Å². The second kappa shape index (κ2) is 10.7. The normalized spacial score (nSPS) is 20.0. The van der Waals surface area contributed by atoms with Gasteiger partial charge in [-0.1, -0.05) is 18.1 Å². The Bertz CT molecular complexity index is 1550. The number of aliphatic hydroxyl groups is 1. The molecule has 3 aliphatic heterocycles. The third kappa shape index (κ3) is 5.04. The summed E-state index contributed by atoms with van der Waals surface area (Å²) >= 11 is 0. The minimum absolute atomic E-state index is 0.166. The molecule has 0 aliphatic carbocycles. The number of piperazine rings is 1. The van der Waals surface area contributed by atoms with Gasteiger partial charge in [-0.15, -0.1) is 10.2 Å². The summed E-state index contributed by atoms with van der Waals surface area (Å²) in [6.45, 7) is 3.98. The maximum atomic E-state index is 10.3. The van der Waals surface area contributed by atoms with Crippen molar-refractivity contribution in [2.24, 2.45) is 0 Å². The van der Waals surface area contributed by atoms with Gasteiger partial charge in [0.2, 0.25) is 0 Å². The lowest BCUT2D eigenvalue weighted by molar-refractivity contribution is 0.426. The molecule has 5 heterocycles. The molecule has 40 heavy (non-hydrogen) atoms. The van der Waals surface area contributed by atoms with Crippen LogP contribution >= 0.6 is 0 Å². The second-order valence-electron chi connectivity index (χ2n) is 10.3. The zero-order valence-electron chi connectivity index (χ0n) is 22.3. The number of pyridine rings is 1. The molecular formula is C31H31N7O2. The predicted molar refractivity (Wildman–Crippen MR) is 156 cm³/mol. The van der Waals surface area contributed by atoms with E-state index < -0.39 is 0 Å². The van der Waals surface area contributed by atoms with Crippen LogP contribution < -0.4 is 15.5 Å². The average molecular weight is 534 g/mol. The van der Waals surface area contributed by atoms with Gasteiger partial charge in [0, 0.05) is 55.0 Å². The summed E-state index contributed by atoms with van der Waals surface area (Å²) in [4.78, 5) is 11.2.